The molecule has 1 fully saturated rings. The van der Waals surface area contributed by atoms with Crippen molar-refractivity contribution >= 4 is 16.1 Å². The first kappa shape index (κ1) is 8.71. The first-order valence-electron chi connectivity index (χ1n) is 3.70. The van der Waals surface area contributed by atoms with Crippen molar-refractivity contribution in [2.45, 2.75) is 30.9 Å². The molecule has 1 atom stereocenters. The first-order chi connectivity index (χ1) is 5.02. The van der Waals surface area contributed by atoms with Gasteiger partial charge in [-0.2, -0.15) is 0 Å². The van der Waals surface area contributed by atoms with Gasteiger partial charge in [-0.05, 0) is 19.8 Å². The average Bonchev–Trinajstić information content (AvgIpc) is 1.95. The Bertz CT molecular complexity index is 255. The van der Waals surface area contributed by atoms with Crippen molar-refractivity contribution in [1.82, 2.24) is 0 Å². The largest absolute Gasteiger partial charge is 0.302 e. The van der Waals surface area contributed by atoms with Crippen LogP contribution < -0.4 is 0 Å². The molecule has 0 spiro atoms. The number of sulfone groups is 1. The maximum Gasteiger partial charge on any atom is 0.162 e. The van der Waals surface area contributed by atoms with Crippen molar-refractivity contribution in [3.05, 3.63) is 0 Å². The quantitative estimate of drug-likeness (QED) is 0.548. The van der Waals surface area contributed by atoms with Crippen LogP contribution in [0.3, 0.4) is 0 Å². The topological polar surface area (TPSA) is 51.2 Å². The number of aldehydes is 1. The zero-order valence-electron chi connectivity index (χ0n) is 6.54. The van der Waals surface area contributed by atoms with E-state index in [0.717, 1.165) is 6.42 Å². The van der Waals surface area contributed by atoms with Crippen LogP contribution in [-0.4, -0.2) is 25.2 Å². The molecular weight excluding hydrogens is 164 g/mol. The Labute approximate surface area is 66.7 Å². The second kappa shape index (κ2) is 2.59. The molecule has 0 N–H and O–H groups in total. The molecule has 1 unspecified atom stereocenters. The smallest absolute Gasteiger partial charge is 0.162 e. The van der Waals surface area contributed by atoms with Crippen molar-refractivity contribution in [2.75, 3.05) is 5.75 Å². The lowest BCUT2D eigenvalue weighted by molar-refractivity contribution is -0.109. The minimum absolute atomic E-state index is 0.169. The molecule has 1 aliphatic heterocycles. The molecular formula is C7H12O3S. The Kier molecular flexibility index (Phi) is 2.05. The van der Waals surface area contributed by atoms with Crippen molar-refractivity contribution < 1.29 is 13.2 Å². The average molecular weight is 176 g/mol. The molecule has 0 bridgehead atoms. The highest BCUT2D eigenvalue weighted by Crippen LogP contribution is 2.28. The summed E-state index contributed by atoms with van der Waals surface area (Å²) in [5, 5.41) is 0. The highest BCUT2D eigenvalue weighted by molar-refractivity contribution is 7.93. The fourth-order valence-corrected chi connectivity index (χ4v) is 2.94. The van der Waals surface area contributed by atoms with E-state index in [0.29, 0.717) is 19.1 Å². The van der Waals surface area contributed by atoms with Gasteiger partial charge in [0, 0.05) is 0 Å². The number of carbonyl (C=O) groups is 1. The summed E-state index contributed by atoms with van der Waals surface area (Å²) in [5.41, 5.74) is 0. The molecule has 4 heteroatoms. The lowest BCUT2D eigenvalue weighted by Gasteiger charge is -2.27. The SMILES string of the molecule is CC1(C=O)CCCCS1(=O)=O. The van der Waals surface area contributed by atoms with E-state index < -0.39 is 14.6 Å². The van der Waals surface area contributed by atoms with Gasteiger partial charge in [0.1, 0.15) is 11.0 Å². The number of carbonyl (C=O) groups excluding carboxylic acids is 1. The lowest BCUT2D eigenvalue weighted by Crippen LogP contribution is -2.41. The van der Waals surface area contributed by atoms with E-state index in [2.05, 4.69) is 0 Å². The van der Waals surface area contributed by atoms with Crippen molar-refractivity contribution in [1.29, 1.82) is 0 Å². The summed E-state index contributed by atoms with van der Waals surface area (Å²) in [6.07, 6.45) is 2.60. The van der Waals surface area contributed by atoms with Crippen LogP contribution in [0.25, 0.3) is 0 Å². The summed E-state index contributed by atoms with van der Waals surface area (Å²) in [6.45, 7) is 1.51. The predicted molar refractivity (Wildman–Crippen MR) is 42.1 cm³/mol. The summed E-state index contributed by atoms with van der Waals surface area (Å²) in [5.74, 6) is 0.169. The third-order valence-corrected chi connectivity index (χ3v) is 4.84. The van der Waals surface area contributed by atoms with Gasteiger partial charge in [-0.1, -0.05) is 6.42 Å². The highest BCUT2D eigenvalue weighted by Gasteiger charge is 2.40. The van der Waals surface area contributed by atoms with Crippen LogP contribution >= 0.6 is 0 Å². The Morgan fingerprint density at radius 1 is 1.36 bits per heavy atom. The van der Waals surface area contributed by atoms with E-state index in [9.17, 15) is 13.2 Å². The molecule has 64 valence electrons. The summed E-state index contributed by atoms with van der Waals surface area (Å²) < 4.78 is 21.5. The Morgan fingerprint density at radius 2 is 2.00 bits per heavy atom. The molecule has 0 aromatic carbocycles. The van der Waals surface area contributed by atoms with Crippen LogP contribution in [-0.2, 0) is 14.6 Å². The van der Waals surface area contributed by atoms with Gasteiger partial charge in [-0.3, -0.25) is 0 Å². The van der Waals surface area contributed by atoms with E-state index in [-0.39, 0.29) is 5.75 Å². The minimum Gasteiger partial charge on any atom is -0.302 e. The van der Waals surface area contributed by atoms with Crippen LogP contribution in [0.1, 0.15) is 26.2 Å². The minimum atomic E-state index is -3.14. The summed E-state index contributed by atoms with van der Waals surface area (Å²) in [4.78, 5) is 10.5. The zero-order valence-corrected chi connectivity index (χ0v) is 7.36. The maximum atomic E-state index is 11.3. The van der Waals surface area contributed by atoms with Crippen LogP contribution in [0.4, 0.5) is 0 Å². The van der Waals surface area contributed by atoms with Gasteiger partial charge in [-0.25, -0.2) is 8.42 Å². The summed E-state index contributed by atoms with van der Waals surface area (Å²) >= 11 is 0. The van der Waals surface area contributed by atoms with Gasteiger partial charge in [0.2, 0.25) is 0 Å². The fraction of sp³-hybridized carbons (Fsp3) is 0.857. The third-order valence-electron chi connectivity index (χ3n) is 2.30. The Morgan fingerprint density at radius 3 is 2.36 bits per heavy atom. The molecule has 0 aliphatic carbocycles. The predicted octanol–water partition coefficient (Wildman–Crippen LogP) is 0.543. The fourth-order valence-electron chi connectivity index (χ4n) is 1.29. The van der Waals surface area contributed by atoms with Crippen molar-refractivity contribution in [2.24, 2.45) is 0 Å². The highest BCUT2D eigenvalue weighted by atomic mass is 32.2. The Hall–Kier alpha value is -0.380. The molecule has 0 amide bonds. The number of hydrogen-bond donors (Lipinski definition) is 0. The number of rotatable bonds is 1. The molecule has 11 heavy (non-hydrogen) atoms. The number of hydrogen-bond acceptors (Lipinski definition) is 3. The maximum absolute atomic E-state index is 11.3. The van der Waals surface area contributed by atoms with Crippen LogP contribution in [0, 0.1) is 0 Å². The van der Waals surface area contributed by atoms with E-state index in [4.69, 9.17) is 0 Å². The van der Waals surface area contributed by atoms with Crippen LogP contribution in [0.2, 0.25) is 0 Å². The zero-order chi connectivity index (χ0) is 8.54. The standard InChI is InChI=1S/C7H12O3S/c1-7(6-8)4-2-3-5-11(7,9)10/h6H,2-5H2,1H3. The normalized spacial score (nSPS) is 36.5. The van der Waals surface area contributed by atoms with E-state index in [1.54, 1.807) is 0 Å². The monoisotopic (exact) mass is 176 g/mol. The molecule has 0 radical (unpaired) electrons. The molecule has 1 heterocycles. The van der Waals surface area contributed by atoms with Gasteiger partial charge in [-0.15, -0.1) is 0 Å². The van der Waals surface area contributed by atoms with Gasteiger partial charge < -0.3 is 4.79 Å². The second-order valence-electron chi connectivity index (χ2n) is 3.21. The van der Waals surface area contributed by atoms with Crippen LogP contribution in [0.5, 0.6) is 0 Å². The van der Waals surface area contributed by atoms with E-state index in [1.807, 2.05) is 0 Å². The van der Waals surface area contributed by atoms with Gasteiger partial charge in [0.15, 0.2) is 9.84 Å². The van der Waals surface area contributed by atoms with Gasteiger partial charge >= 0.3 is 0 Å². The second-order valence-corrected chi connectivity index (χ2v) is 5.78. The molecule has 3 nitrogen and oxygen atoms in total. The van der Waals surface area contributed by atoms with Crippen LogP contribution in [0.15, 0.2) is 0 Å². The first-order valence-corrected chi connectivity index (χ1v) is 5.36. The van der Waals surface area contributed by atoms with E-state index in [1.165, 1.54) is 6.92 Å². The molecule has 0 saturated carbocycles. The summed E-state index contributed by atoms with van der Waals surface area (Å²) in [7, 11) is -3.14. The molecule has 0 aromatic rings. The van der Waals surface area contributed by atoms with Gasteiger partial charge in [0.05, 0.1) is 5.75 Å². The Balaban J connectivity index is 3.02. The molecule has 0 aromatic heterocycles. The molecule has 1 rings (SSSR count). The van der Waals surface area contributed by atoms with Crippen molar-refractivity contribution in [3.63, 3.8) is 0 Å². The molecule has 1 aliphatic rings. The lowest BCUT2D eigenvalue weighted by atomic mass is 10.0. The van der Waals surface area contributed by atoms with Gasteiger partial charge in [0.25, 0.3) is 0 Å². The van der Waals surface area contributed by atoms with E-state index >= 15 is 0 Å². The third kappa shape index (κ3) is 1.31. The van der Waals surface area contributed by atoms with Crippen molar-refractivity contribution in [3.8, 4) is 0 Å². The molecule has 1 saturated heterocycles. The summed E-state index contributed by atoms with van der Waals surface area (Å²) in [6, 6.07) is 0.